The van der Waals surface area contributed by atoms with E-state index in [9.17, 15) is 9.59 Å². The minimum absolute atomic E-state index is 0.0602. The molecule has 34 heavy (non-hydrogen) atoms. The van der Waals surface area contributed by atoms with Gasteiger partial charge in [0.2, 0.25) is 10.7 Å². The highest BCUT2D eigenvalue weighted by atomic mass is 32.1. The molecule has 1 aromatic heterocycles. The van der Waals surface area contributed by atoms with Crippen molar-refractivity contribution in [3.63, 3.8) is 0 Å². The largest absolute Gasteiger partial charge is 0.465 e. The summed E-state index contributed by atoms with van der Waals surface area (Å²) in [5, 5.41) is 7.53. The van der Waals surface area contributed by atoms with Crippen molar-refractivity contribution in [1.29, 1.82) is 0 Å². The number of benzene rings is 3. The second-order valence-corrected chi connectivity index (χ2v) is 8.24. The first-order valence-corrected chi connectivity index (χ1v) is 11.1. The lowest BCUT2D eigenvalue weighted by atomic mass is 10.1. The Kier molecular flexibility index (Phi) is 6.70. The molecule has 0 aliphatic rings. The van der Waals surface area contributed by atoms with E-state index < -0.39 is 5.97 Å². The van der Waals surface area contributed by atoms with Gasteiger partial charge in [-0.3, -0.25) is 9.36 Å². The third-order valence-electron chi connectivity index (χ3n) is 5.36. The fraction of sp³-hybridized carbons (Fsp3) is 0.154. The molecule has 172 valence electrons. The number of hydrogen-bond donors (Lipinski definition) is 1. The van der Waals surface area contributed by atoms with Crippen LogP contribution in [0.15, 0.2) is 72.8 Å². The summed E-state index contributed by atoms with van der Waals surface area (Å²) in [6.45, 7) is 3.99. The van der Waals surface area contributed by atoms with Gasteiger partial charge in [-0.05, 0) is 67.5 Å². The van der Waals surface area contributed by atoms with Crippen molar-refractivity contribution in [1.82, 2.24) is 14.3 Å². The van der Waals surface area contributed by atoms with Gasteiger partial charge in [0.05, 0.1) is 18.4 Å². The molecule has 0 saturated heterocycles. The van der Waals surface area contributed by atoms with Crippen molar-refractivity contribution in [2.24, 2.45) is 0 Å². The summed E-state index contributed by atoms with van der Waals surface area (Å²) < 4.78 is 8.55. The van der Waals surface area contributed by atoms with E-state index in [1.807, 2.05) is 60.9 Å². The molecule has 1 heterocycles. The average Bonchev–Trinajstić information content (AvgIpc) is 3.16. The number of nitrogens with zero attached hydrogens (tertiary/aromatic N) is 3. The summed E-state index contributed by atoms with van der Waals surface area (Å²) >= 11 is 5.77. The van der Waals surface area contributed by atoms with Crippen LogP contribution >= 0.6 is 12.2 Å². The lowest BCUT2D eigenvalue weighted by molar-refractivity contribution is -0.116. The first kappa shape index (κ1) is 23.1. The van der Waals surface area contributed by atoms with Crippen molar-refractivity contribution in [3.05, 3.63) is 94.3 Å². The first-order valence-electron chi connectivity index (χ1n) is 10.7. The number of aryl methyl sites for hydroxylation is 2. The van der Waals surface area contributed by atoms with E-state index in [0.29, 0.717) is 21.8 Å². The average molecular weight is 473 g/mol. The van der Waals surface area contributed by atoms with Crippen LogP contribution in [0.1, 0.15) is 21.5 Å². The molecule has 0 bridgehead atoms. The van der Waals surface area contributed by atoms with Crippen LogP contribution in [0.4, 0.5) is 5.69 Å². The third kappa shape index (κ3) is 4.82. The first-order chi connectivity index (χ1) is 16.4. The number of methoxy groups -OCH3 is 1. The Bertz CT molecular complexity index is 1410. The van der Waals surface area contributed by atoms with E-state index in [4.69, 9.17) is 22.1 Å². The van der Waals surface area contributed by atoms with Crippen LogP contribution in [0.25, 0.3) is 17.1 Å². The molecule has 0 atom stereocenters. The van der Waals surface area contributed by atoms with Crippen LogP contribution in [-0.4, -0.2) is 33.3 Å². The Morgan fingerprint density at radius 1 is 1.00 bits per heavy atom. The van der Waals surface area contributed by atoms with Crippen molar-refractivity contribution in [3.8, 4) is 17.1 Å². The van der Waals surface area contributed by atoms with Crippen LogP contribution in [0.5, 0.6) is 0 Å². The Morgan fingerprint density at radius 3 is 2.38 bits per heavy atom. The molecule has 3 aromatic carbocycles. The van der Waals surface area contributed by atoms with Crippen molar-refractivity contribution < 1.29 is 14.3 Å². The normalized spacial score (nSPS) is 10.7. The van der Waals surface area contributed by atoms with E-state index in [-0.39, 0.29) is 12.5 Å². The maximum atomic E-state index is 12.8. The Hall–Kier alpha value is -4.04. The minimum atomic E-state index is -0.436. The number of ether oxygens (including phenoxy) is 1. The van der Waals surface area contributed by atoms with Crippen molar-refractivity contribution in [2.75, 3.05) is 12.4 Å². The minimum Gasteiger partial charge on any atom is -0.465 e. The predicted molar refractivity (Wildman–Crippen MR) is 134 cm³/mol. The van der Waals surface area contributed by atoms with E-state index in [2.05, 4.69) is 11.4 Å². The monoisotopic (exact) mass is 472 g/mol. The number of rotatable bonds is 6. The third-order valence-corrected chi connectivity index (χ3v) is 5.75. The molecule has 0 fully saturated rings. The van der Waals surface area contributed by atoms with Gasteiger partial charge in [0.15, 0.2) is 5.82 Å². The van der Waals surface area contributed by atoms with Gasteiger partial charge in [-0.2, -0.15) is 5.10 Å². The summed E-state index contributed by atoms with van der Waals surface area (Å²) in [5.41, 5.74) is 4.93. The molecule has 0 radical (unpaired) electrons. The quantitative estimate of drug-likeness (QED) is 0.312. The molecule has 4 rings (SSSR count). The molecule has 7 nitrogen and oxygen atoms in total. The molecule has 0 aliphatic heterocycles. The zero-order valence-electron chi connectivity index (χ0n) is 19.1. The number of carbonyl (C=O) groups is 2. The Labute approximate surface area is 202 Å². The van der Waals surface area contributed by atoms with E-state index in [0.717, 1.165) is 22.4 Å². The number of nitrogens with one attached hydrogen (secondary N) is 1. The number of anilines is 1. The van der Waals surface area contributed by atoms with E-state index in [1.165, 1.54) is 11.8 Å². The van der Waals surface area contributed by atoms with Gasteiger partial charge in [-0.1, -0.05) is 42.5 Å². The fourth-order valence-corrected chi connectivity index (χ4v) is 3.90. The summed E-state index contributed by atoms with van der Waals surface area (Å²) in [7, 11) is 1.32. The van der Waals surface area contributed by atoms with Crippen LogP contribution in [0, 0.1) is 18.6 Å². The van der Waals surface area contributed by atoms with Gasteiger partial charge in [0.25, 0.3) is 0 Å². The molecular formula is C26H24N4O3S. The van der Waals surface area contributed by atoms with Crippen LogP contribution < -0.4 is 5.32 Å². The summed E-state index contributed by atoms with van der Waals surface area (Å²) in [4.78, 5) is 24.4. The van der Waals surface area contributed by atoms with Crippen LogP contribution in [0.2, 0.25) is 0 Å². The SMILES string of the molecule is COC(=O)c1ccc(NC(=O)Cn2nc(-c3ccccc3)n(-c3cc(C)ccc3C)c2=S)cc1. The van der Waals surface area contributed by atoms with Gasteiger partial charge in [0, 0.05) is 11.3 Å². The molecule has 8 heteroatoms. The van der Waals surface area contributed by atoms with Gasteiger partial charge in [-0.25, -0.2) is 9.48 Å². The molecule has 1 amide bonds. The van der Waals surface area contributed by atoms with Gasteiger partial charge in [0.1, 0.15) is 6.54 Å². The molecule has 1 N–H and O–H groups in total. The maximum Gasteiger partial charge on any atom is 0.337 e. The number of esters is 1. The summed E-state index contributed by atoms with van der Waals surface area (Å²) in [5.74, 6) is -0.0590. The van der Waals surface area contributed by atoms with Crippen LogP contribution in [-0.2, 0) is 16.1 Å². The van der Waals surface area contributed by atoms with Gasteiger partial charge in [-0.15, -0.1) is 0 Å². The fourth-order valence-electron chi connectivity index (χ4n) is 3.61. The molecule has 0 spiro atoms. The second kappa shape index (κ2) is 9.84. The Morgan fingerprint density at radius 2 is 1.71 bits per heavy atom. The van der Waals surface area contributed by atoms with E-state index >= 15 is 0 Å². The van der Waals surface area contributed by atoms with E-state index in [1.54, 1.807) is 24.3 Å². The number of amides is 1. The number of carbonyl (C=O) groups excluding carboxylic acids is 2. The zero-order valence-corrected chi connectivity index (χ0v) is 19.9. The van der Waals surface area contributed by atoms with Crippen LogP contribution in [0.3, 0.4) is 0 Å². The topological polar surface area (TPSA) is 78.2 Å². The summed E-state index contributed by atoms with van der Waals surface area (Å²) in [6, 6.07) is 22.4. The number of hydrogen-bond acceptors (Lipinski definition) is 5. The number of aromatic nitrogens is 3. The highest BCUT2D eigenvalue weighted by Crippen LogP contribution is 2.25. The lowest BCUT2D eigenvalue weighted by Crippen LogP contribution is -2.20. The second-order valence-electron chi connectivity index (χ2n) is 7.87. The highest BCUT2D eigenvalue weighted by molar-refractivity contribution is 7.71. The lowest BCUT2D eigenvalue weighted by Gasteiger charge is -2.11. The van der Waals surface area contributed by atoms with Gasteiger partial charge >= 0.3 is 5.97 Å². The molecule has 0 unspecified atom stereocenters. The Balaban J connectivity index is 1.67. The summed E-state index contributed by atoms with van der Waals surface area (Å²) in [6.07, 6.45) is 0. The standard InChI is InChI=1S/C26H24N4O3S/c1-17-9-10-18(2)22(15-17)30-24(19-7-5-4-6-8-19)28-29(26(30)34)16-23(31)27-21-13-11-20(12-14-21)25(32)33-3/h4-15H,16H2,1-3H3,(H,27,31). The predicted octanol–water partition coefficient (Wildman–Crippen LogP) is 5.11. The highest BCUT2D eigenvalue weighted by Gasteiger charge is 2.18. The molecule has 0 aliphatic carbocycles. The van der Waals surface area contributed by atoms with Gasteiger partial charge < -0.3 is 10.1 Å². The maximum absolute atomic E-state index is 12.8. The zero-order chi connectivity index (χ0) is 24.2. The molecule has 4 aromatic rings. The van der Waals surface area contributed by atoms with Crippen molar-refractivity contribution >= 4 is 29.8 Å². The smallest absolute Gasteiger partial charge is 0.337 e. The molecule has 0 saturated carbocycles. The van der Waals surface area contributed by atoms with Crippen molar-refractivity contribution in [2.45, 2.75) is 20.4 Å². The molecular weight excluding hydrogens is 448 g/mol.